The number of nitrogens with zero attached hydrogens (tertiary/aromatic N) is 2. The Morgan fingerprint density at radius 3 is 2.36 bits per heavy atom. The van der Waals surface area contributed by atoms with Crippen LogP contribution in [-0.4, -0.2) is 49.0 Å². The first-order valence-corrected chi connectivity index (χ1v) is 9.71. The molecule has 0 saturated heterocycles. The zero-order valence-electron chi connectivity index (χ0n) is 17.6. The lowest BCUT2D eigenvalue weighted by Gasteiger charge is -2.29. The Morgan fingerprint density at radius 2 is 1.79 bits per heavy atom. The van der Waals surface area contributed by atoms with Crippen molar-refractivity contribution in [1.29, 1.82) is 0 Å². The van der Waals surface area contributed by atoms with Crippen molar-refractivity contribution in [2.75, 3.05) is 19.6 Å². The molecular formula is C19H36N5O4-. The topological polar surface area (TPSA) is 155 Å². The average molecular weight is 399 g/mol. The molecule has 1 unspecified atom stereocenters. The molecule has 9 heteroatoms. The molecule has 0 heterocycles. The highest BCUT2D eigenvalue weighted by Crippen LogP contribution is 2.10. The van der Waals surface area contributed by atoms with E-state index in [1.807, 2.05) is 0 Å². The van der Waals surface area contributed by atoms with Crippen molar-refractivity contribution in [3.05, 3.63) is 0 Å². The van der Waals surface area contributed by atoms with E-state index in [0.29, 0.717) is 32.4 Å². The number of ether oxygens (including phenoxy) is 1. The molecule has 0 aromatic heterocycles. The summed E-state index contributed by atoms with van der Waals surface area (Å²) in [7, 11) is 0. The molecule has 0 saturated carbocycles. The molecule has 0 aliphatic carbocycles. The third-order valence-corrected chi connectivity index (χ3v) is 3.72. The van der Waals surface area contributed by atoms with E-state index in [1.54, 1.807) is 20.8 Å². The van der Waals surface area contributed by atoms with E-state index in [0.717, 1.165) is 19.3 Å². The lowest BCUT2D eigenvalue weighted by atomic mass is 10.0. The van der Waals surface area contributed by atoms with Crippen LogP contribution >= 0.6 is 0 Å². The van der Waals surface area contributed by atoms with Crippen LogP contribution in [0.3, 0.4) is 0 Å². The fourth-order valence-corrected chi connectivity index (χ4v) is 2.29. The molecule has 0 fully saturated rings. The fourth-order valence-electron chi connectivity index (χ4n) is 2.29. The summed E-state index contributed by atoms with van der Waals surface area (Å²) in [6.07, 6.45) is 3.13. The van der Waals surface area contributed by atoms with Crippen LogP contribution in [0.15, 0.2) is 9.98 Å². The fraction of sp³-hybridized carbons (Fsp3) is 0.789. The van der Waals surface area contributed by atoms with E-state index in [-0.39, 0.29) is 30.1 Å². The number of rotatable bonds is 13. The largest absolute Gasteiger partial charge is 0.595 e. The van der Waals surface area contributed by atoms with Crippen molar-refractivity contribution in [1.82, 2.24) is 5.32 Å². The molecule has 0 spiro atoms. The Hall–Kier alpha value is -2.32. The minimum Gasteiger partial charge on any atom is -0.595 e. The maximum Gasteiger partial charge on any atom is 0.220 e. The van der Waals surface area contributed by atoms with Crippen molar-refractivity contribution in [3.8, 4) is 0 Å². The molecule has 28 heavy (non-hydrogen) atoms. The molecule has 0 aromatic carbocycles. The highest BCUT2D eigenvalue weighted by atomic mass is 16.6. The molecule has 0 radical (unpaired) electrons. The number of Topliss-reactive ketones (excluding diaryl/α,β-unsaturated/α-hetero) is 1. The summed E-state index contributed by atoms with van der Waals surface area (Å²) >= 11 is 0. The summed E-state index contributed by atoms with van der Waals surface area (Å²) < 4.78 is 5.15. The number of carbonyl (C=O) groups is 2. The Labute approximate surface area is 168 Å². The van der Waals surface area contributed by atoms with Gasteiger partial charge in [-0.2, -0.15) is 0 Å². The van der Waals surface area contributed by atoms with E-state index in [1.165, 1.54) is 6.92 Å². The van der Waals surface area contributed by atoms with E-state index in [9.17, 15) is 14.7 Å². The van der Waals surface area contributed by atoms with Gasteiger partial charge in [0.05, 0.1) is 0 Å². The van der Waals surface area contributed by atoms with Crippen LogP contribution in [-0.2, 0) is 14.3 Å². The molecule has 0 aliphatic rings. The van der Waals surface area contributed by atoms with Crippen molar-refractivity contribution >= 4 is 23.7 Å². The van der Waals surface area contributed by atoms with Gasteiger partial charge in [0.15, 0.2) is 5.96 Å². The minimum atomic E-state index is -0.632. The number of amides is 1. The molecule has 5 N–H and O–H groups in total. The molecule has 162 valence electrons. The van der Waals surface area contributed by atoms with E-state index in [4.69, 9.17) is 16.2 Å². The van der Waals surface area contributed by atoms with Gasteiger partial charge in [0, 0.05) is 38.1 Å². The number of aliphatic imine (C=N–C) groups is 2. The Morgan fingerprint density at radius 1 is 1.11 bits per heavy atom. The third-order valence-electron chi connectivity index (χ3n) is 3.72. The minimum absolute atomic E-state index is 0.0630. The van der Waals surface area contributed by atoms with Crippen LogP contribution in [0.1, 0.15) is 66.2 Å². The van der Waals surface area contributed by atoms with E-state index in [2.05, 4.69) is 15.3 Å². The second-order valence-electron chi connectivity index (χ2n) is 7.85. The summed E-state index contributed by atoms with van der Waals surface area (Å²) in [5.74, 6) is -0.0188. The van der Waals surface area contributed by atoms with Gasteiger partial charge in [0.25, 0.3) is 0 Å². The van der Waals surface area contributed by atoms with Gasteiger partial charge in [-0.15, -0.1) is 0 Å². The first-order valence-electron chi connectivity index (χ1n) is 9.71. The Bertz CT molecular complexity index is 537. The number of unbranched alkanes of at least 4 members (excludes halogenated alkanes) is 2. The number of nitrogens with one attached hydrogen (secondary N) is 1. The predicted molar refractivity (Wildman–Crippen MR) is 109 cm³/mol. The summed E-state index contributed by atoms with van der Waals surface area (Å²) in [5, 5.41) is 14.6. The van der Waals surface area contributed by atoms with Gasteiger partial charge >= 0.3 is 0 Å². The van der Waals surface area contributed by atoms with Gasteiger partial charge in [-0.05, 0) is 32.1 Å². The normalized spacial score (nSPS) is 12.9. The predicted octanol–water partition coefficient (Wildman–Crippen LogP) is 0.453. The van der Waals surface area contributed by atoms with Crippen LogP contribution < -0.4 is 21.9 Å². The molecule has 0 bridgehead atoms. The van der Waals surface area contributed by atoms with E-state index < -0.39 is 11.7 Å². The van der Waals surface area contributed by atoms with E-state index >= 15 is 0 Å². The highest BCUT2D eigenvalue weighted by Gasteiger charge is 2.12. The van der Waals surface area contributed by atoms with Gasteiger partial charge in [0.1, 0.15) is 11.9 Å². The van der Waals surface area contributed by atoms with Gasteiger partial charge in [-0.25, -0.2) is 0 Å². The number of hydrogen-bond donors (Lipinski definition) is 3. The lowest BCUT2D eigenvalue weighted by Crippen LogP contribution is -2.34. The number of nitrogens with two attached hydrogens (primary N) is 2. The molecule has 9 nitrogen and oxygen atoms in total. The third kappa shape index (κ3) is 17.1. The first kappa shape index (κ1) is 25.7. The summed E-state index contributed by atoms with van der Waals surface area (Å²) in [6, 6.07) is 0. The Balaban J connectivity index is 4.32. The molecule has 1 atom stereocenters. The highest BCUT2D eigenvalue weighted by molar-refractivity contribution is 5.76. The second-order valence-corrected chi connectivity index (χ2v) is 7.85. The number of hydrogen-bond acceptors (Lipinski definition) is 6. The summed E-state index contributed by atoms with van der Waals surface area (Å²) in [4.78, 5) is 31.0. The lowest BCUT2D eigenvalue weighted by molar-refractivity contribution is -0.260. The molecule has 0 aliphatic heterocycles. The zero-order valence-corrected chi connectivity index (χ0v) is 17.6. The second kappa shape index (κ2) is 13.8. The quantitative estimate of drug-likeness (QED) is 0.232. The van der Waals surface area contributed by atoms with Gasteiger partial charge in [-0.3, -0.25) is 14.8 Å². The standard InChI is InChI=1S/C19H37N5O4/c1-14(25)9-10-15(13-24-18(27)28-19(2,3)4)12-23-16(26)8-6-5-7-11-22-17(20)21/h15H,5-13H2,1-4H3,(H,23,26)(H,24,27)(H4,20,21,22)/p-1. The SMILES string of the molecule is CC(=O)CCC(CN=C([O-])OC(C)(C)C)CNC(=O)CCCCCN=C(N)N. The maximum absolute atomic E-state index is 12.0. The van der Waals surface area contributed by atoms with Crippen LogP contribution in [0.2, 0.25) is 0 Å². The maximum atomic E-state index is 12.0. The number of carbonyl (C=O) groups excluding carboxylic acids is 2. The van der Waals surface area contributed by atoms with Gasteiger partial charge < -0.3 is 31.4 Å². The van der Waals surface area contributed by atoms with Crippen LogP contribution in [0.25, 0.3) is 0 Å². The van der Waals surface area contributed by atoms with Gasteiger partial charge in [-0.1, -0.05) is 27.2 Å². The van der Waals surface area contributed by atoms with Crippen molar-refractivity contribution < 1.29 is 19.4 Å². The molecular weight excluding hydrogens is 362 g/mol. The first-order chi connectivity index (χ1) is 13.0. The smallest absolute Gasteiger partial charge is 0.220 e. The summed E-state index contributed by atoms with van der Waals surface area (Å²) in [5.41, 5.74) is 9.89. The zero-order chi connectivity index (χ0) is 21.6. The average Bonchev–Trinajstić information content (AvgIpc) is 2.55. The molecule has 0 rings (SSSR count). The van der Waals surface area contributed by atoms with Crippen molar-refractivity contribution in [3.63, 3.8) is 0 Å². The van der Waals surface area contributed by atoms with Crippen LogP contribution in [0.4, 0.5) is 0 Å². The molecule has 0 aromatic rings. The van der Waals surface area contributed by atoms with Crippen molar-refractivity contribution in [2.45, 2.75) is 71.8 Å². The Kier molecular flexibility index (Phi) is 12.6. The number of guanidine groups is 1. The summed E-state index contributed by atoms with van der Waals surface area (Å²) in [6.45, 7) is 7.96. The van der Waals surface area contributed by atoms with Crippen molar-refractivity contribution in [2.24, 2.45) is 27.4 Å². The number of ketones is 1. The monoisotopic (exact) mass is 398 g/mol. The van der Waals surface area contributed by atoms with Crippen LogP contribution in [0, 0.1) is 5.92 Å². The van der Waals surface area contributed by atoms with Crippen LogP contribution in [0.5, 0.6) is 0 Å². The van der Waals surface area contributed by atoms with Gasteiger partial charge in [0.2, 0.25) is 5.91 Å². The molecule has 1 amide bonds.